The fourth-order valence-corrected chi connectivity index (χ4v) is 1.68. The number of hydrogen-bond donors (Lipinski definition) is 1. The van der Waals surface area contributed by atoms with Gasteiger partial charge in [-0.1, -0.05) is 0 Å². The van der Waals surface area contributed by atoms with Crippen LogP contribution in [-0.2, 0) is 9.53 Å². The highest BCUT2D eigenvalue weighted by atomic mass is 16.6. The molecule has 2 rings (SSSR count). The normalized spacial score (nSPS) is 9.81. The number of hydrogen-bond acceptors (Lipinski definition) is 5. The van der Waals surface area contributed by atoms with Crippen molar-refractivity contribution in [2.75, 3.05) is 26.1 Å². The molecule has 110 valence electrons. The van der Waals surface area contributed by atoms with Gasteiger partial charge < -0.3 is 19.5 Å². The lowest BCUT2D eigenvalue weighted by atomic mass is 10.2. The second-order valence-corrected chi connectivity index (χ2v) is 4.24. The second-order valence-electron chi connectivity index (χ2n) is 4.24. The van der Waals surface area contributed by atoms with Crippen LogP contribution >= 0.6 is 0 Å². The first-order valence-corrected chi connectivity index (χ1v) is 6.42. The molecule has 0 saturated heterocycles. The molecule has 0 aromatic heterocycles. The molecule has 0 saturated carbocycles. The topological polar surface area (TPSA) is 56.8 Å². The van der Waals surface area contributed by atoms with Crippen LogP contribution in [0.4, 0.5) is 11.4 Å². The molecular weight excluding hydrogens is 270 g/mol. The van der Waals surface area contributed by atoms with Gasteiger partial charge >= 0.3 is 5.97 Å². The Hall–Kier alpha value is -2.69. The minimum Gasteiger partial charge on any atom is -0.497 e. The first-order valence-electron chi connectivity index (χ1n) is 6.42. The maximum Gasteiger partial charge on any atom is 0.343 e. The van der Waals surface area contributed by atoms with Crippen molar-refractivity contribution in [2.24, 2.45) is 0 Å². The molecule has 0 fully saturated rings. The molecule has 0 unspecified atom stereocenters. The molecule has 0 amide bonds. The SMILES string of the molecule is COC(=O)COc1ccc(Nc2ccc(OC)cc2)cc1. The van der Waals surface area contributed by atoms with Crippen LogP contribution in [0.3, 0.4) is 0 Å². The van der Waals surface area contributed by atoms with Gasteiger partial charge in [-0.15, -0.1) is 0 Å². The molecule has 0 radical (unpaired) electrons. The van der Waals surface area contributed by atoms with E-state index in [4.69, 9.17) is 9.47 Å². The van der Waals surface area contributed by atoms with Crippen molar-refractivity contribution >= 4 is 17.3 Å². The molecular formula is C16H17NO4. The van der Waals surface area contributed by atoms with Crippen LogP contribution < -0.4 is 14.8 Å². The third-order valence-electron chi connectivity index (χ3n) is 2.82. The highest BCUT2D eigenvalue weighted by molar-refractivity contribution is 5.71. The summed E-state index contributed by atoms with van der Waals surface area (Å²) in [6.45, 7) is -0.0955. The maximum absolute atomic E-state index is 11.0. The molecule has 0 bridgehead atoms. The van der Waals surface area contributed by atoms with Crippen molar-refractivity contribution in [3.63, 3.8) is 0 Å². The van der Waals surface area contributed by atoms with Crippen molar-refractivity contribution in [1.82, 2.24) is 0 Å². The molecule has 21 heavy (non-hydrogen) atoms. The molecule has 2 aromatic rings. The third kappa shape index (κ3) is 4.42. The van der Waals surface area contributed by atoms with Gasteiger partial charge in [-0.3, -0.25) is 0 Å². The minimum absolute atomic E-state index is 0.0955. The Labute approximate surface area is 123 Å². The Kier molecular flexibility index (Phi) is 5.04. The van der Waals surface area contributed by atoms with Crippen LogP contribution in [0.25, 0.3) is 0 Å². The molecule has 0 spiro atoms. The fraction of sp³-hybridized carbons (Fsp3) is 0.188. The van der Waals surface area contributed by atoms with E-state index in [1.807, 2.05) is 36.4 Å². The number of esters is 1. The second kappa shape index (κ2) is 7.19. The monoisotopic (exact) mass is 287 g/mol. The highest BCUT2D eigenvalue weighted by Crippen LogP contribution is 2.22. The fourth-order valence-electron chi connectivity index (χ4n) is 1.68. The smallest absolute Gasteiger partial charge is 0.343 e. The molecule has 0 aliphatic rings. The maximum atomic E-state index is 11.0. The van der Waals surface area contributed by atoms with Gasteiger partial charge in [-0.05, 0) is 48.5 Å². The third-order valence-corrected chi connectivity index (χ3v) is 2.82. The van der Waals surface area contributed by atoms with E-state index in [1.54, 1.807) is 19.2 Å². The van der Waals surface area contributed by atoms with E-state index < -0.39 is 5.97 Å². The van der Waals surface area contributed by atoms with E-state index in [9.17, 15) is 4.79 Å². The van der Waals surface area contributed by atoms with Gasteiger partial charge in [0.05, 0.1) is 14.2 Å². The van der Waals surface area contributed by atoms with Gasteiger partial charge in [0.1, 0.15) is 11.5 Å². The predicted molar refractivity (Wildman–Crippen MR) is 80.2 cm³/mol. The summed E-state index contributed by atoms with van der Waals surface area (Å²) in [7, 11) is 2.96. The van der Waals surface area contributed by atoms with Gasteiger partial charge in [0.2, 0.25) is 0 Å². The Bertz CT molecular complexity index is 578. The van der Waals surface area contributed by atoms with E-state index in [2.05, 4.69) is 10.1 Å². The summed E-state index contributed by atoms with van der Waals surface area (Å²) in [6.07, 6.45) is 0. The molecule has 0 aliphatic carbocycles. The Morgan fingerprint density at radius 3 is 1.90 bits per heavy atom. The molecule has 0 aliphatic heterocycles. The minimum atomic E-state index is -0.407. The van der Waals surface area contributed by atoms with Crippen LogP contribution in [0.2, 0.25) is 0 Å². The average molecular weight is 287 g/mol. The van der Waals surface area contributed by atoms with Gasteiger partial charge in [-0.2, -0.15) is 0 Å². The summed E-state index contributed by atoms with van der Waals surface area (Å²) in [5.41, 5.74) is 1.88. The Morgan fingerprint density at radius 1 is 0.905 bits per heavy atom. The van der Waals surface area contributed by atoms with Gasteiger partial charge in [0.25, 0.3) is 0 Å². The van der Waals surface area contributed by atoms with Gasteiger partial charge in [0.15, 0.2) is 6.61 Å². The molecule has 2 aromatic carbocycles. The van der Waals surface area contributed by atoms with Crippen LogP contribution in [0.5, 0.6) is 11.5 Å². The number of benzene rings is 2. The summed E-state index contributed by atoms with van der Waals surface area (Å²) in [5.74, 6) is 1.02. The highest BCUT2D eigenvalue weighted by Gasteiger charge is 2.02. The van der Waals surface area contributed by atoms with Gasteiger partial charge in [-0.25, -0.2) is 4.79 Å². The summed E-state index contributed by atoms with van der Waals surface area (Å²) in [4.78, 5) is 11.0. The van der Waals surface area contributed by atoms with Crippen LogP contribution in [0.1, 0.15) is 0 Å². The first kappa shape index (κ1) is 14.7. The lowest BCUT2D eigenvalue weighted by molar-refractivity contribution is -0.142. The quantitative estimate of drug-likeness (QED) is 0.828. The Morgan fingerprint density at radius 2 is 1.43 bits per heavy atom. The number of nitrogens with one attached hydrogen (secondary N) is 1. The van der Waals surface area contributed by atoms with Crippen LogP contribution in [0.15, 0.2) is 48.5 Å². The summed E-state index contributed by atoms with van der Waals surface area (Å²) >= 11 is 0. The van der Waals surface area contributed by atoms with E-state index >= 15 is 0 Å². The average Bonchev–Trinajstić information content (AvgIpc) is 2.54. The number of carbonyl (C=O) groups excluding carboxylic acids is 1. The largest absolute Gasteiger partial charge is 0.497 e. The standard InChI is InChI=1S/C16H17NO4/c1-19-14-7-3-12(4-8-14)17-13-5-9-15(10-6-13)21-11-16(18)20-2/h3-10,17H,11H2,1-2H3. The van der Waals surface area contributed by atoms with Gasteiger partial charge in [0, 0.05) is 11.4 Å². The van der Waals surface area contributed by atoms with E-state index in [1.165, 1.54) is 7.11 Å². The van der Waals surface area contributed by atoms with Crippen molar-refractivity contribution in [3.05, 3.63) is 48.5 Å². The molecule has 0 atom stereocenters. The molecule has 1 N–H and O–H groups in total. The van der Waals surface area contributed by atoms with E-state index in [-0.39, 0.29) is 6.61 Å². The van der Waals surface area contributed by atoms with Crippen molar-refractivity contribution in [1.29, 1.82) is 0 Å². The van der Waals surface area contributed by atoms with Crippen molar-refractivity contribution in [2.45, 2.75) is 0 Å². The van der Waals surface area contributed by atoms with Crippen LogP contribution in [-0.4, -0.2) is 26.8 Å². The number of anilines is 2. The summed E-state index contributed by atoms with van der Waals surface area (Å²) in [5, 5.41) is 3.26. The van der Waals surface area contributed by atoms with E-state index in [0.717, 1.165) is 17.1 Å². The zero-order chi connectivity index (χ0) is 15.1. The molecule has 0 heterocycles. The Balaban J connectivity index is 1.93. The number of carbonyl (C=O) groups is 1. The van der Waals surface area contributed by atoms with Crippen molar-refractivity contribution < 1.29 is 19.0 Å². The van der Waals surface area contributed by atoms with E-state index in [0.29, 0.717) is 5.75 Å². The lowest BCUT2D eigenvalue weighted by Crippen LogP contribution is -2.12. The lowest BCUT2D eigenvalue weighted by Gasteiger charge is -2.09. The molecule has 5 nitrogen and oxygen atoms in total. The summed E-state index contributed by atoms with van der Waals surface area (Å²) in [6, 6.07) is 14.9. The molecule has 5 heteroatoms. The van der Waals surface area contributed by atoms with Crippen LogP contribution in [0, 0.1) is 0 Å². The first-order chi connectivity index (χ1) is 10.2. The number of methoxy groups -OCH3 is 2. The zero-order valence-electron chi connectivity index (χ0n) is 12.0. The number of rotatable bonds is 6. The summed E-state index contributed by atoms with van der Waals surface area (Å²) < 4.78 is 14.9. The predicted octanol–water partition coefficient (Wildman–Crippen LogP) is 2.99. The number of ether oxygens (including phenoxy) is 3. The zero-order valence-corrected chi connectivity index (χ0v) is 12.0. The van der Waals surface area contributed by atoms with Crippen molar-refractivity contribution in [3.8, 4) is 11.5 Å².